The maximum absolute atomic E-state index is 12.2. The number of carbonyl (C=O) groups is 1. The first-order valence-corrected chi connectivity index (χ1v) is 10.0. The van der Waals surface area contributed by atoms with E-state index in [1.165, 1.54) is 4.90 Å². The predicted molar refractivity (Wildman–Crippen MR) is 85.8 cm³/mol. The van der Waals surface area contributed by atoms with Gasteiger partial charge >= 0.3 is 0 Å². The summed E-state index contributed by atoms with van der Waals surface area (Å²) < 4.78 is 28.1. The Labute approximate surface area is 138 Å². The van der Waals surface area contributed by atoms with Crippen molar-refractivity contribution >= 4 is 27.1 Å². The lowest BCUT2D eigenvalue weighted by molar-refractivity contribution is -0.131. The summed E-state index contributed by atoms with van der Waals surface area (Å²) in [7, 11) is -1.35. The van der Waals surface area contributed by atoms with Crippen molar-refractivity contribution in [3.05, 3.63) is 22.7 Å². The third-order valence-electron chi connectivity index (χ3n) is 3.95. The second-order valence-corrected chi connectivity index (χ2v) is 8.59. The predicted octanol–water partition coefficient (Wildman–Crippen LogP) is 1.38. The molecule has 3 rings (SSSR count). The molecule has 9 heteroatoms. The fraction of sp³-hybridized carbons (Fsp3) is 0.500. The highest BCUT2D eigenvalue weighted by Crippen LogP contribution is 2.20. The number of sulfone groups is 1. The fourth-order valence-corrected chi connectivity index (χ4v) is 4.95. The van der Waals surface area contributed by atoms with E-state index in [4.69, 9.17) is 4.52 Å². The van der Waals surface area contributed by atoms with Crippen LogP contribution < -0.4 is 0 Å². The summed E-state index contributed by atoms with van der Waals surface area (Å²) in [5, 5.41) is 7.75. The lowest BCUT2D eigenvalue weighted by atomic mass is 10.2. The van der Waals surface area contributed by atoms with Gasteiger partial charge in [-0.2, -0.15) is 16.3 Å². The van der Waals surface area contributed by atoms with E-state index < -0.39 is 9.84 Å². The van der Waals surface area contributed by atoms with E-state index >= 15 is 0 Å². The number of rotatable bonds is 5. The van der Waals surface area contributed by atoms with Gasteiger partial charge < -0.3 is 9.42 Å². The Morgan fingerprint density at radius 3 is 3.00 bits per heavy atom. The van der Waals surface area contributed by atoms with Gasteiger partial charge in [0.05, 0.1) is 11.5 Å². The van der Waals surface area contributed by atoms with Crippen LogP contribution in [-0.2, 0) is 21.1 Å². The molecule has 124 valence electrons. The molecule has 1 fully saturated rings. The number of thiophene rings is 1. The smallest absolute Gasteiger partial charge is 0.227 e. The standard InChI is InChI=1S/C14H17N3O4S2/c1-17(11-5-7-23(19,20)9-11)13(18)3-2-12-15-14(16-21-12)10-4-6-22-8-10/h4,6,8,11H,2-3,5,7,9H2,1H3. The Balaban J connectivity index is 1.55. The van der Waals surface area contributed by atoms with E-state index in [9.17, 15) is 13.2 Å². The molecule has 1 aliphatic rings. The second-order valence-electron chi connectivity index (χ2n) is 5.59. The van der Waals surface area contributed by atoms with E-state index in [1.54, 1.807) is 18.4 Å². The highest BCUT2D eigenvalue weighted by atomic mass is 32.2. The molecular formula is C14H17N3O4S2. The van der Waals surface area contributed by atoms with E-state index in [0.717, 1.165) is 5.56 Å². The molecule has 3 heterocycles. The third-order valence-corrected chi connectivity index (χ3v) is 6.38. The minimum Gasteiger partial charge on any atom is -0.342 e. The van der Waals surface area contributed by atoms with Crippen LogP contribution in [0.15, 0.2) is 21.3 Å². The molecule has 7 nitrogen and oxygen atoms in total. The molecule has 0 spiro atoms. The first-order chi connectivity index (χ1) is 10.9. The molecule has 23 heavy (non-hydrogen) atoms. The summed E-state index contributed by atoms with van der Waals surface area (Å²) in [5.41, 5.74) is 0.893. The highest BCUT2D eigenvalue weighted by molar-refractivity contribution is 7.91. The Bertz CT molecular complexity index is 783. The molecule has 0 aliphatic carbocycles. The van der Waals surface area contributed by atoms with Crippen molar-refractivity contribution < 1.29 is 17.7 Å². The molecule has 2 aromatic heterocycles. The minimum atomic E-state index is -3.00. The van der Waals surface area contributed by atoms with Crippen LogP contribution in [0.4, 0.5) is 0 Å². The van der Waals surface area contributed by atoms with Gasteiger partial charge in [0, 0.05) is 36.9 Å². The SMILES string of the molecule is CN(C(=O)CCc1nc(-c2ccsc2)no1)C1CCS(=O)(=O)C1. The Kier molecular flexibility index (Phi) is 4.49. The summed E-state index contributed by atoms with van der Waals surface area (Å²) in [6.45, 7) is 0. The zero-order valence-corrected chi connectivity index (χ0v) is 14.3. The molecule has 0 aromatic carbocycles. The Morgan fingerprint density at radius 1 is 1.52 bits per heavy atom. The molecule has 1 atom stereocenters. The van der Waals surface area contributed by atoms with Crippen molar-refractivity contribution in [3.8, 4) is 11.4 Å². The highest BCUT2D eigenvalue weighted by Gasteiger charge is 2.32. The van der Waals surface area contributed by atoms with Crippen LogP contribution in [0.1, 0.15) is 18.7 Å². The zero-order chi connectivity index (χ0) is 16.4. The van der Waals surface area contributed by atoms with E-state index in [1.807, 2.05) is 16.8 Å². The normalized spacial score (nSPS) is 19.8. The number of aromatic nitrogens is 2. The van der Waals surface area contributed by atoms with Gasteiger partial charge in [-0.15, -0.1) is 0 Å². The number of hydrogen-bond donors (Lipinski definition) is 0. The summed E-state index contributed by atoms with van der Waals surface area (Å²) in [4.78, 5) is 18.0. The largest absolute Gasteiger partial charge is 0.342 e. The third kappa shape index (κ3) is 3.78. The molecule has 1 amide bonds. The number of hydrogen-bond acceptors (Lipinski definition) is 7. The van der Waals surface area contributed by atoms with Crippen molar-refractivity contribution in [2.75, 3.05) is 18.6 Å². The molecule has 0 saturated carbocycles. The number of nitrogens with zero attached hydrogens (tertiary/aromatic N) is 3. The molecule has 1 saturated heterocycles. The van der Waals surface area contributed by atoms with Gasteiger partial charge in [0.25, 0.3) is 0 Å². The van der Waals surface area contributed by atoms with Gasteiger partial charge in [-0.3, -0.25) is 4.79 Å². The zero-order valence-electron chi connectivity index (χ0n) is 12.6. The first kappa shape index (κ1) is 16.1. The Morgan fingerprint density at radius 2 is 2.35 bits per heavy atom. The topological polar surface area (TPSA) is 93.4 Å². The average Bonchev–Trinajstić information content (AvgIpc) is 3.23. The lowest BCUT2D eigenvalue weighted by Crippen LogP contribution is -2.37. The molecule has 0 radical (unpaired) electrons. The van der Waals surface area contributed by atoms with Gasteiger partial charge in [0.2, 0.25) is 17.6 Å². The lowest BCUT2D eigenvalue weighted by Gasteiger charge is -2.23. The summed E-state index contributed by atoms with van der Waals surface area (Å²) in [5.74, 6) is 1.03. The second kappa shape index (κ2) is 6.40. The Hall–Kier alpha value is -1.74. The van der Waals surface area contributed by atoms with Crippen LogP contribution in [0, 0.1) is 0 Å². The van der Waals surface area contributed by atoms with Crippen LogP contribution in [0.5, 0.6) is 0 Å². The molecule has 0 bridgehead atoms. The van der Waals surface area contributed by atoms with Crippen LogP contribution >= 0.6 is 11.3 Å². The first-order valence-electron chi connectivity index (χ1n) is 7.26. The summed E-state index contributed by atoms with van der Waals surface area (Å²) in [6.07, 6.45) is 1.07. The summed E-state index contributed by atoms with van der Waals surface area (Å²) in [6, 6.07) is 1.68. The van der Waals surface area contributed by atoms with Gasteiger partial charge in [0.15, 0.2) is 9.84 Å². The molecule has 2 aromatic rings. The number of carbonyl (C=O) groups excluding carboxylic acids is 1. The van der Waals surface area contributed by atoms with Crippen LogP contribution in [-0.4, -0.2) is 54.0 Å². The maximum Gasteiger partial charge on any atom is 0.227 e. The van der Waals surface area contributed by atoms with Crippen LogP contribution in [0.3, 0.4) is 0 Å². The molecular weight excluding hydrogens is 338 g/mol. The van der Waals surface area contributed by atoms with Crippen LogP contribution in [0.2, 0.25) is 0 Å². The quantitative estimate of drug-likeness (QED) is 0.804. The molecule has 1 aliphatic heterocycles. The van der Waals surface area contributed by atoms with Crippen LogP contribution in [0.25, 0.3) is 11.4 Å². The minimum absolute atomic E-state index is 0.0537. The summed E-state index contributed by atoms with van der Waals surface area (Å²) >= 11 is 1.55. The van der Waals surface area contributed by atoms with Gasteiger partial charge in [-0.25, -0.2) is 8.42 Å². The molecule has 1 unspecified atom stereocenters. The number of amides is 1. The van der Waals surface area contributed by atoms with Crippen molar-refractivity contribution in [3.63, 3.8) is 0 Å². The maximum atomic E-state index is 12.2. The van der Waals surface area contributed by atoms with Crippen molar-refractivity contribution in [2.45, 2.75) is 25.3 Å². The van der Waals surface area contributed by atoms with Crippen molar-refractivity contribution in [1.29, 1.82) is 0 Å². The average molecular weight is 355 g/mol. The van der Waals surface area contributed by atoms with Crippen molar-refractivity contribution in [1.82, 2.24) is 15.0 Å². The van der Waals surface area contributed by atoms with Gasteiger partial charge in [-0.05, 0) is 17.9 Å². The van der Waals surface area contributed by atoms with E-state index in [-0.39, 0.29) is 29.9 Å². The fourth-order valence-electron chi connectivity index (χ4n) is 2.54. The van der Waals surface area contributed by atoms with E-state index in [2.05, 4.69) is 10.1 Å². The van der Waals surface area contributed by atoms with E-state index in [0.29, 0.717) is 24.6 Å². The van der Waals surface area contributed by atoms with Gasteiger partial charge in [0.1, 0.15) is 0 Å². The van der Waals surface area contributed by atoms with Crippen molar-refractivity contribution in [2.24, 2.45) is 0 Å². The molecule has 0 N–H and O–H groups in total. The van der Waals surface area contributed by atoms with Gasteiger partial charge in [-0.1, -0.05) is 5.16 Å². The monoisotopic (exact) mass is 355 g/mol. The number of aryl methyl sites for hydroxylation is 1.